The van der Waals surface area contributed by atoms with E-state index in [1.807, 2.05) is 0 Å². The molecule has 0 amide bonds. The van der Waals surface area contributed by atoms with Crippen LogP contribution in [0, 0.1) is 11.7 Å². The maximum absolute atomic E-state index is 13.7. The van der Waals surface area contributed by atoms with Gasteiger partial charge in [0.2, 0.25) is 0 Å². The van der Waals surface area contributed by atoms with E-state index in [2.05, 4.69) is 21.2 Å². The summed E-state index contributed by atoms with van der Waals surface area (Å²) in [7, 11) is 0. The maximum atomic E-state index is 13.7. The molecule has 0 bridgehead atoms. The Labute approximate surface area is 110 Å². The second-order valence-electron chi connectivity index (χ2n) is 4.64. The summed E-state index contributed by atoms with van der Waals surface area (Å²) in [5.41, 5.74) is 6.36. The van der Waals surface area contributed by atoms with E-state index in [-0.39, 0.29) is 11.9 Å². The zero-order chi connectivity index (χ0) is 12.3. The van der Waals surface area contributed by atoms with Crippen LogP contribution in [0.3, 0.4) is 0 Å². The Morgan fingerprint density at radius 1 is 1.47 bits per heavy atom. The lowest BCUT2D eigenvalue weighted by Crippen LogP contribution is -2.30. The van der Waals surface area contributed by atoms with E-state index in [1.54, 1.807) is 12.1 Å². The van der Waals surface area contributed by atoms with Gasteiger partial charge in [-0.1, -0.05) is 28.8 Å². The lowest BCUT2D eigenvalue weighted by molar-refractivity contribution is 0.490. The predicted octanol–water partition coefficient (Wildman–Crippen LogP) is 2.98. The van der Waals surface area contributed by atoms with Crippen LogP contribution in [0.5, 0.6) is 0 Å². The second kappa shape index (κ2) is 5.94. The van der Waals surface area contributed by atoms with Crippen molar-refractivity contribution < 1.29 is 4.39 Å². The molecule has 2 rings (SSSR count). The molecular formula is C13H18BrFN2. The van der Waals surface area contributed by atoms with Crippen LogP contribution in [0.2, 0.25) is 0 Å². The van der Waals surface area contributed by atoms with E-state index in [0.29, 0.717) is 12.1 Å². The number of halogens is 2. The minimum Gasteiger partial charge on any atom is -0.329 e. The maximum Gasteiger partial charge on any atom is 0.128 e. The largest absolute Gasteiger partial charge is 0.329 e. The fourth-order valence-corrected chi connectivity index (χ4v) is 2.35. The molecule has 1 unspecified atom stereocenters. The summed E-state index contributed by atoms with van der Waals surface area (Å²) in [5.74, 6) is 0.691. The first-order chi connectivity index (χ1) is 8.20. The van der Waals surface area contributed by atoms with Gasteiger partial charge >= 0.3 is 0 Å². The molecule has 2 nitrogen and oxygen atoms in total. The van der Waals surface area contributed by atoms with Crippen molar-refractivity contribution in [2.45, 2.75) is 25.3 Å². The van der Waals surface area contributed by atoms with Crippen LogP contribution >= 0.6 is 15.9 Å². The molecule has 1 fully saturated rings. The van der Waals surface area contributed by atoms with E-state index < -0.39 is 0 Å². The van der Waals surface area contributed by atoms with Crippen molar-refractivity contribution in [3.05, 3.63) is 34.1 Å². The van der Waals surface area contributed by atoms with Crippen molar-refractivity contribution >= 4 is 15.9 Å². The van der Waals surface area contributed by atoms with Gasteiger partial charge in [-0.25, -0.2) is 4.39 Å². The molecule has 1 aromatic carbocycles. The average Bonchev–Trinajstić information content (AvgIpc) is 3.12. The summed E-state index contributed by atoms with van der Waals surface area (Å²) in [6.07, 6.45) is 3.87. The fraction of sp³-hybridized carbons (Fsp3) is 0.538. The molecule has 1 saturated carbocycles. The lowest BCUT2D eigenvalue weighted by atomic mass is 10.1. The van der Waals surface area contributed by atoms with Crippen molar-refractivity contribution in [2.24, 2.45) is 11.7 Å². The summed E-state index contributed by atoms with van der Waals surface area (Å²) >= 11 is 3.36. The topological polar surface area (TPSA) is 38.0 Å². The molecule has 1 atom stereocenters. The highest BCUT2D eigenvalue weighted by Crippen LogP contribution is 2.32. The van der Waals surface area contributed by atoms with Gasteiger partial charge in [0.25, 0.3) is 0 Å². The zero-order valence-corrected chi connectivity index (χ0v) is 11.3. The number of hydrogen-bond donors (Lipinski definition) is 2. The van der Waals surface area contributed by atoms with Crippen LogP contribution in [0.25, 0.3) is 0 Å². The Hall–Kier alpha value is -0.450. The molecule has 0 aromatic heterocycles. The third-order valence-corrected chi connectivity index (χ3v) is 3.70. The van der Waals surface area contributed by atoms with Crippen molar-refractivity contribution in [1.29, 1.82) is 0 Å². The van der Waals surface area contributed by atoms with E-state index >= 15 is 0 Å². The Kier molecular flexibility index (Phi) is 4.54. The normalized spacial score (nSPS) is 17.1. The van der Waals surface area contributed by atoms with Crippen LogP contribution in [-0.4, -0.2) is 13.1 Å². The van der Waals surface area contributed by atoms with Crippen LogP contribution < -0.4 is 11.1 Å². The van der Waals surface area contributed by atoms with E-state index in [4.69, 9.17) is 5.73 Å². The van der Waals surface area contributed by atoms with Crippen LogP contribution in [0.4, 0.5) is 4.39 Å². The predicted molar refractivity (Wildman–Crippen MR) is 71.2 cm³/mol. The summed E-state index contributed by atoms with van der Waals surface area (Å²) in [6.45, 7) is 1.33. The third-order valence-electron chi connectivity index (χ3n) is 3.21. The highest BCUT2D eigenvalue weighted by atomic mass is 79.9. The summed E-state index contributed by atoms with van der Waals surface area (Å²) < 4.78 is 14.6. The van der Waals surface area contributed by atoms with Gasteiger partial charge in [-0.15, -0.1) is 0 Å². The molecule has 1 aliphatic rings. The van der Waals surface area contributed by atoms with Gasteiger partial charge in [-0.05, 0) is 37.1 Å². The Morgan fingerprint density at radius 2 is 2.24 bits per heavy atom. The standard InChI is InChI=1S/C13H18BrFN2/c14-10-3-4-12(15)11(7-10)13(8-16)17-6-5-9-1-2-9/h3-4,7,9,13,17H,1-2,5-6,8,16H2. The molecule has 0 spiro atoms. The van der Waals surface area contributed by atoms with Gasteiger partial charge in [-0.2, -0.15) is 0 Å². The molecule has 3 N–H and O–H groups in total. The Bertz CT molecular complexity index is 380. The van der Waals surface area contributed by atoms with Crippen molar-refractivity contribution in [2.75, 3.05) is 13.1 Å². The SMILES string of the molecule is NCC(NCCC1CC1)c1cc(Br)ccc1F. The highest BCUT2D eigenvalue weighted by molar-refractivity contribution is 9.10. The molecule has 0 heterocycles. The number of benzene rings is 1. The van der Waals surface area contributed by atoms with Crippen LogP contribution in [0.15, 0.2) is 22.7 Å². The second-order valence-corrected chi connectivity index (χ2v) is 5.56. The first-order valence-corrected chi connectivity index (χ1v) is 6.88. The molecule has 0 radical (unpaired) electrons. The number of nitrogens with one attached hydrogen (secondary N) is 1. The van der Waals surface area contributed by atoms with Crippen LogP contribution in [-0.2, 0) is 0 Å². The Balaban J connectivity index is 1.96. The fourth-order valence-electron chi connectivity index (χ4n) is 1.97. The van der Waals surface area contributed by atoms with Crippen LogP contribution in [0.1, 0.15) is 30.9 Å². The van der Waals surface area contributed by atoms with Crippen molar-refractivity contribution in [3.8, 4) is 0 Å². The summed E-state index contributed by atoms with van der Waals surface area (Å²) in [4.78, 5) is 0. The molecule has 94 valence electrons. The van der Waals surface area contributed by atoms with Gasteiger partial charge in [-0.3, -0.25) is 0 Å². The van der Waals surface area contributed by atoms with Crippen molar-refractivity contribution in [3.63, 3.8) is 0 Å². The molecular weight excluding hydrogens is 283 g/mol. The molecule has 1 aromatic rings. The first kappa shape index (κ1) is 13.0. The quantitative estimate of drug-likeness (QED) is 0.848. The summed E-state index contributed by atoms with van der Waals surface area (Å²) in [6, 6.07) is 4.89. The molecule has 17 heavy (non-hydrogen) atoms. The number of hydrogen-bond acceptors (Lipinski definition) is 2. The monoisotopic (exact) mass is 300 g/mol. The number of rotatable bonds is 6. The third kappa shape index (κ3) is 3.76. The number of nitrogens with two attached hydrogens (primary N) is 1. The molecule has 0 aliphatic heterocycles. The molecule has 4 heteroatoms. The van der Waals surface area contributed by atoms with Gasteiger partial charge in [0.1, 0.15) is 5.82 Å². The Morgan fingerprint density at radius 3 is 2.88 bits per heavy atom. The van der Waals surface area contributed by atoms with Gasteiger partial charge in [0.05, 0.1) is 0 Å². The minimum absolute atomic E-state index is 0.0914. The minimum atomic E-state index is -0.192. The average molecular weight is 301 g/mol. The molecule has 1 aliphatic carbocycles. The van der Waals surface area contributed by atoms with E-state index in [0.717, 1.165) is 16.9 Å². The van der Waals surface area contributed by atoms with E-state index in [1.165, 1.54) is 25.3 Å². The van der Waals surface area contributed by atoms with Gasteiger partial charge < -0.3 is 11.1 Å². The van der Waals surface area contributed by atoms with Gasteiger partial charge in [0, 0.05) is 22.6 Å². The van der Waals surface area contributed by atoms with E-state index in [9.17, 15) is 4.39 Å². The molecule has 0 saturated heterocycles. The first-order valence-electron chi connectivity index (χ1n) is 6.09. The zero-order valence-electron chi connectivity index (χ0n) is 9.76. The van der Waals surface area contributed by atoms with Gasteiger partial charge in [0.15, 0.2) is 0 Å². The smallest absolute Gasteiger partial charge is 0.128 e. The van der Waals surface area contributed by atoms with Crippen molar-refractivity contribution in [1.82, 2.24) is 5.32 Å². The summed E-state index contributed by atoms with van der Waals surface area (Å²) in [5, 5.41) is 3.34. The highest BCUT2D eigenvalue weighted by Gasteiger charge is 2.21. The lowest BCUT2D eigenvalue weighted by Gasteiger charge is -2.18.